The number of carbonyl (C=O) groups excluding carboxylic acids is 1. The number of hydrogen-bond acceptors (Lipinski definition) is 4. The molecule has 0 radical (unpaired) electrons. The van der Waals surface area contributed by atoms with Gasteiger partial charge in [-0.3, -0.25) is 4.79 Å². The number of nitrogens with one attached hydrogen (secondary N) is 1. The molecule has 1 aromatic heterocycles. The molecule has 0 aliphatic carbocycles. The summed E-state index contributed by atoms with van der Waals surface area (Å²) in [4.78, 5) is 16.1. The van der Waals surface area contributed by atoms with Crippen molar-refractivity contribution >= 4 is 16.9 Å². The van der Waals surface area contributed by atoms with Crippen LogP contribution in [0.1, 0.15) is 18.3 Å². The lowest BCUT2D eigenvalue weighted by Gasteiger charge is -2.25. The summed E-state index contributed by atoms with van der Waals surface area (Å²) in [5.74, 6) is -2.39. The van der Waals surface area contributed by atoms with Crippen molar-refractivity contribution in [2.75, 3.05) is 0 Å². The van der Waals surface area contributed by atoms with Crippen LogP contribution < -0.4 is 10.1 Å². The molecule has 174 valence electrons. The van der Waals surface area contributed by atoms with Crippen molar-refractivity contribution in [2.45, 2.75) is 38.0 Å². The van der Waals surface area contributed by atoms with Crippen LogP contribution in [-0.2, 0) is 23.9 Å². The monoisotopic (exact) mass is 470 g/mol. The van der Waals surface area contributed by atoms with Crippen molar-refractivity contribution in [3.8, 4) is 11.8 Å². The number of carbonyl (C=O) groups is 1. The Labute approximate surface area is 183 Å². The molecule has 6 nitrogen and oxygen atoms in total. The predicted molar refractivity (Wildman–Crippen MR) is 104 cm³/mol. The number of benzene rings is 2. The second-order valence-electron chi connectivity index (χ2n) is 7.37. The molecule has 1 heterocycles. The highest BCUT2D eigenvalue weighted by molar-refractivity contribution is 5.80. The van der Waals surface area contributed by atoms with E-state index in [1.54, 1.807) is 0 Å². The first kappa shape index (κ1) is 23.9. The van der Waals surface area contributed by atoms with Gasteiger partial charge in [0.05, 0.1) is 30.1 Å². The van der Waals surface area contributed by atoms with Crippen molar-refractivity contribution < 1.29 is 35.9 Å². The average molecular weight is 470 g/mol. The van der Waals surface area contributed by atoms with Crippen molar-refractivity contribution in [3.63, 3.8) is 0 Å². The number of halogens is 6. The number of aromatic nitrogens is 2. The minimum atomic E-state index is -4.86. The lowest BCUT2D eigenvalue weighted by Crippen LogP contribution is -2.49. The quantitative estimate of drug-likeness (QED) is 0.535. The van der Waals surface area contributed by atoms with Gasteiger partial charge >= 0.3 is 12.5 Å². The molecule has 1 unspecified atom stereocenters. The summed E-state index contributed by atoms with van der Waals surface area (Å²) in [6.45, 7) is 0.725. The number of alkyl halides is 6. The third kappa shape index (κ3) is 5.94. The number of rotatable bonds is 6. The van der Waals surface area contributed by atoms with Crippen LogP contribution in [0.15, 0.2) is 48.5 Å². The molecule has 33 heavy (non-hydrogen) atoms. The van der Waals surface area contributed by atoms with Gasteiger partial charge in [-0.05, 0) is 36.8 Å². The molecule has 1 amide bonds. The zero-order valence-electron chi connectivity index (χ0n) is 17.0. The number of fused-ring (bicyclic) bond motifs is 1. The van der Waals surface area contributed by atoms with Gasteiger partial charge in [0, 0.05) is 0 Å². The first-order valence-corrected chi connectivity index (χ1v) is 9.39. The molecule has 0 aliphatic heterocycles. The molecule has 2 aromatic carbocycles. The summed E-state index contributed by atoms with van der Waals surface area (Å²) < 4.78 is 81.8. The van der Waals surface area contributed by atoms with Crippen molar-refractivity contribution in [3.05, 3.63) is 59.9 Å². The molecule has 0 saturated heterocycles. The largest absolute Gasteiger partial charge is 0.573 e. The van der Waals surface area contributed by atoms with Crippen molar-refractivity contribution in [1.29, 1.82) is 5.26 Å². The van der Waals surface area contributed by atoms with Crippen molar-refractivity contribution in [1.82, 2.24) is 14.9 Å². The number of amides is 1. The summed E-state index contributed by atoms with van der Waals surface area (Å²) in [5.41, 5.74) is -1.20. The number of imidazole rings is 1. The average Bonchev–Trinajstić information content (AvgIpc) is 3.07. The molecule has 0 bridgehead atoms. The van der Waals surface area contributed by atoms with E-state index in [4.69, 9.17) is 0 Å². The Hall–Kier alpha value is -3.75. The highest BCUT2D eigenvalue weighted by Gasteiger charge is 2.40. The lowest BCUT2D eigenvalue weighted by molar-refractivity contribution is -0.274. The summed E-state index contributed by atoms with van der Waals surface area (Å²) in [5, 5.41) is 12.0. The fourth-order valence-electron chi connectivity index (χ4n) is 3.22. The van der Waals surface area contributed by atoms with Crippen LogP contribution in [0.4, 0.5) is 26.3 Å². The Morgan fingerprint density at radius 3 is 2.30 bits per heavy atom. The molecular formula is C21H16F6N4O2. The predicted octanol–water partition coefficient (Wildman–Crippen LogP) is 4.59. The highest BCUT2D eigenvalue weighted by Crippen LogP contribution is 2.32. The minimum Gasteiger partial charge on any atom is -0.406 e. The maximum absolute atomic E-state index is 13.5. The van der Waals surface area contributed by atoms with E-state index in [0.29, 0.717) is 5.56 Å². The topological polar surface area (TPSA) is 79.9 Å². The van der Waals surface area contributed by atoms with E-state index in [-0.39, 0.29) is 17.5 Å². The van der Waals surface area contributed by atoms with Crippen LogP contribution in [0.25, 0.3) is 11.0 Å². The van der Waals surface area contributed by atoms with Gasteiger partial charge < -0.3 is 14.6 Å². The molecule has 1 atom stereocenters. The molecule has 0 saturated carbocycles. The van der Waals surface area contributed by atoms with Gasteiger partial charge in [-0.15, -0.1) is 13.2 Å². The standard InChI is InChI=1S/C21H16F6N4O2/c1-19(11-28,12-31-16-5-3-2-4-15(16)29-18(31)20(22,23)24)30-17(32)10-13-6-8-14(9-7-13)33-21(25,26)27/h2-9H,10,12H2,1H3,(H,30,32). The lowest BCUT2D eigenvalue weighted by atomic mass is 10.0. The van der Waals surface area contributed by atoms with E-state index in [2.05, 4.69) is 15.0 Å². The van der Waals surface area contributed by atoms with Crippen LogP contribution in [-0.4, -0.2) is 27.4 Å². The van der Waals surface area contributed by atoms with Crippen LogP contribution in [0, 0.1) is 11.3 Å². The van der Waals surface area contributed by atoms with E-state index < -0.39 is 42.1 Å². The SMILES string of the molecule is CC(C#N)(Cn1c(C(F)(F)F)nc2ccccc21)NC(=O)Cc1ccc(OC(F)(F)F)cc1. The Morgan fingerprint density at radius 1 is 1.09 bits per heavy atom. The van der Waals surface area contributed by atoms with Gasteiger partial charge in [0.1, 0.15) is 11.3 Å². The van der Waals surface area contributed by atoms with E-state index in [1.807, 2.05) is 6.07 Å². The second kappa shape index (κ2) is 8.65. The van der Waals surface area contributed by atoms with Gasteiger partial charge in [0.2, 0.25) is 11.7 Å². The smallest absolute Gasteiger partial charge is 0.406 e. The zero-order chi connectivity index (χ0) is 24.4. The number of ether oxygens (including phenoxy) is 1. The summed E-state index contributed by atoms with van der Waals surface area (Å²) in [7, 11) is 0. The van der Waals surface area contributed by atoms with Gasteiger partial charge in [-0.25, -0.2) is 4.98 Å². The Morgan fingerprint density at radius 2 is 1.73 bits per heavy atom. The third-order valence-electron chi connectivity index (χ3n) is 4.57. The van der Waals surface area contributed by atoms with Crippen LogP contribution in [0.5, 0.6) is 5.75 Å². The molecule has 0 spiro atoms. The highest BCUT2D eigenvalue weighted by atomic mass is 19.4. The van der Waals surface area contributed by atoms with E-state index in [9.17, 15) is 36.4 Å². The van der Waals surface area contributed by atoms with Crippen LogP contribution in [0.3, 0.4) is 0 Å². The Bertz CT molecular complexity index is 1190. The number of nitriles is 1. The van der Waals surface area contributed by atoms with Gasteiger partial charge in [0.15, 0.2) is 0 Å². The number of para-hydroxylation sites is 2. The van der Waals surface area contributed by atoms with E-state index in [1.165, 1.54) is 43.3 Å². The zero-order valence-corrected chi connectivity index (χ0v) is 17.0. The molecule has 3 rings (SSSR count). The maximum Gasteiger partial charge on any atom is 0.573 e. The van der Waals surface area contributed by atoms with Crippen molar-refractivity contribution in [2.24, 2.45) is 0 Å². The maximum atomic E-state index is 13.5. The third-order valence-corrected chi connectivity index (χ3v) is 4.57. The first-order chi connectivity index (χ1) is 15.3. The molecular weight excluding hydrogens is 454 g/mol. The van der Waals surface area contributed by atoms with E-state index in [0.717, 1.165) is 16.7 Å². The minimum absolute atomic E-state index is 0.0811. The number of nitrogens with zero attached hydrogens (tertiary/aromatic N) is 3. The Kier molecular flexibility index (Phi) is 6.26. The summed E-state index contributed by atoms with van der Waals surface area (Å²) >= 11 is 0. The Balaban J connectivity index is 1.78. The molecule has 1 N–H and O–H groups in total. The van der Waals surface area contributed by atoms with Crippen LogP contribution >= 0.6 is 0 Å². The number of hydrogen-bond donors (Lipinski definition) is 1. The second-order valence-corrected chi connectivity index (χ2v) is 7.37. The fraction of sp³-hybridized carbons (Fsp3) is 0.286. The fourth-order valence-corrected chi connectivity index (χ4v) is 3.22. The first-order valence-electron chi connectivity index (χ1n) is 9.39. The van der Waals surface area contributed by atoms with Gasteiger partial charge in [-0.1, -0.05) is 24.3 Å². The molecule has 0 fully saturated rings. The van der Waals surface area contributed by atoms with Crippen LogP contribution in [0.2, 0.25) is 0 Å². The van der Waals surface area contributed by atoms with Gasteiger partial charge in [0.25, 0.3) is 0 Å². The summed E-state index contributed by atoms with van der Waals surface area (Å²) in [6, 6.07) is 12.2. The normalized spacial score (nSPS) is 13.9. The molecule has 12 heteroatoms. The summed E-state index contributed by atoms with van der Waals surface area (Å²) in [6.07, 6.45) is -9.97. The van der Waals surface area contributed by atoms with E-state index >= 15 is 0 Å². The molecule has 3 aromatic rings. The van der Waals surface area contributed by atoms with Gasteiger partial charge in [-0.2, -0.15) is 18.4 Å². The molecule has 0 aliphatic rings.